The Hall–Kier alpha value is -2.44. The lowest BCUT2D eigenvalue weighted by Crippen LogP contribution is -2.38. The molecule has 0 spiro atoms. The van der Waals surface area contributed by atoms with Gasteiger partial charge in [-0.25, -0.2) is 14.6 Å². The van der Waals surface area contributed by atoms with E-state index in [1.807, 2.05) is 0 Å². The van der Waals surface area contributed by atoms with Crippen molar-refractivity contribution in [2.75, 3.05) is 6.61 Å². The molecule has 0 saturated carbocycles. The molecule has 2 aromatic heterocycles. The van der Waals surface area contributed by atoms with E-state index in [1.54, 1.807) is 13.8 Å². The van der Waals surface area contributed by atoms with Crippen molar-refractivity contribution in [2.24, 2.45) is 14.1 Å². The van der Waals surface area contributed by atoms with Crippen molar-refractivity contribution < 1.29 is 9.53 Å². The van der Waals surface area contributed by atoms with Gasteiger partial charge in [0.1, 0.15) is 5.65 Å². The number of nitrogens with zero attached hydrogens (tertiary/aromatic N) is 3. The first-order valence-electron chi connectivity index (χ1n) is 6.13. The van der Waals surface area contributed by atoms with Crippen molar-refractivity contribution in [1.82, 2.24) is 14.1 Å². The summed E-state index contributed by atoms with van der Waals surface area (Å²) in [7, 11) is 2.87. The van der Waals surface area contributed by atoms with Gasteiger partial charge in [0.15, 0.2) is 0 Å². The van der Waals surface area contributed by atoms with E-state index in [2.05, 4.69) is 4.98 Å². The van der Waals surface area contributed by atoms with E-state index in [9.17, 15) is 14.4 Å². The van der Waals surface area contributed by atoms with Crippen LogP contribution in [-0.4, -0.2) is 26.7 Å². The van der Waals surface area contributed by atoms with Gasteiger partial charge in [-0.2, -0.15) is 0 Å². The number of hydrogen-bond donors (Lipinski definition) is 0. The largest absolute Gasteiger partial charge is 0.462 e. The number of pyridine rings is 1. The molecule has 7 nitrogen and oxygen atoms in total. The highest BCUT2D eigenvalue weighted by Crippen LogP contribution is 2.14. The molecule has 2 aromatic rings. The van der Waals surface area contributed by atoms with Gasteiger partial charge in [0.25, 0.3) is 5.56 Å². The summed E-state index contributed by atoms with van der Waals surface area (Å²) in [5.41, 5.74) is -0.204. The Labute approximate surface area is 114 Å². The molecule has 0 aliphatic heterocycles. The lowest BCUT2D eigenvalue weighted by Gasteiger charge is -2.10. The summed E-state index contributed by atoms with van der Waals surface area (Å²) in [6, 6.07) is 1.49. The van der Waals surface area contributed by atoms with Crippen molar-refractivity contribution in [3.05, 3.63) is 38.2 Å². The average Bonchev–Trinajstić information content (AvgIpc) is 2.42. The number of ether oxygens (including phenoxy) is 1. The van der Waals surface area contributed by atoms with Crippen LogP contribution in [0.4, 0.5) is 0 Å². The van der Waals surface area contributed by atoms with Crippen LogP contribution in [0.1, 0.15) is 23.0 Å². The second-order valence-electron chi connectivity index (χ2n) is 4.44. The zero-order chi connectivity index (χ0) is 15.0. The molecule has 20 heavy (non-hydrogen) atoms. The number of aryl methyl sites for hydroxylation is 2. The molecule has 2 rings (SSSR count). The molecule has 0 N–H and O–H groups in total. The standard InChI is InChI=1S/C13H15N3O4/c1-5-20-12(18)8-6-7(2)14-10-9(8)11(17)16(4)13(19)15(10)3/h6H,5H2,1-4H3. The number of fused-ring (bicyclic) bond motifs is 1. The van der Waals surface area contributed by atoms with E-state index in [-0.39, 0.29) is 23.2 Å². The lowest BCUT2D eigenvalue weighted by atomic mass is 10.1. The van der Waals surface area contributed by atoms with Gasteiger partial charge in [0.05, 0.1) is 17.6 Å². The molecule has 0 bridgehead atoms. The summed E-state index contributed by atoms with van der Waals surface area (Å²) in [4.78, 5) is 40.3. The van der Waals surface area contributed by atoms with Crippen LogP contribution >= 0.6 is 0 Å². The van der Waals surface area contributed by atoms with E-state index in [0.717, 1.165) is 4.57 Å². The highest BCUT2D eigenvalue weighted by atomic mass is 16.5. The highest BCUT2D eigenvalue weighted by molar-refractivity contribution is 6.02. The fourth-order valence-corrected chi connectivity index (χ4v) is 2.05. The second kappa shape index (κ2) is 4.92. The van der Waals surface area contributed by atoms with Gasteiger partial charge in [-0.1, -0.05) is 0 Å². The Morgan fingerprint density at radius 1 is 1.30 bits per heavy atom. The molecular weight excluding hydrogens is 262 g/mol. The summed E-state index contributed by atoms with van der Waals surface area (Å²) < 4.78 is 7.14. The highest BCUT2D eigenvalue weighted by Gasteiger charge is 2.19. The van der Waals surface area contributed by atoms with Crippen molar-refractivity contribution >= 4 is 17.0 Å². The van der Waals surface area contributed by atoms with Gasteiger partial charge in [-0.3, -0.25) is 13.9 Å². The van der Waals surface area contributed by atoms with Gasteiger partial charge in [-0.15, -0.1) is 0 Å². The normalized spacial score (nSPS) is 10.8. The molecule has 7 heteroatoms. The third-order valence-corrected chi connectivity index (χ3v) is 3.03. The maximum absolute atomic E-state index is 12.2. The molecule has 0 amide bonds. The smallest absolute Gasteiger partial charge is 0.339 e. The molecule has 0 aliphatic rings. The fourth-order valence-electron chi connectivity index (χ4n) is 2.05. The van der Waals surface area contributed by atoms with E-state index < -0.39 is 17.2 Å². The first-order valence-corrected chi connectivity index (χ1v) is 6.13. The predicted molar refractivity (Wildman–Crippen MR) is 72.9 cm³/mol. The molecule has 2 heterocycles. The van der Waals surface area contributed by atoms with E-state index in [0.29, 0.717) is 5.69 Å². The van der Waals surface area contributed by atoms with Crippen LogP contribution in [0.2, 0.25) is 0 Å². The first-order chi connectivity index (χ1) is 9.38. The van der Waals surface area contributed by atoms with Crippen molar-refractivity contribution in [1.29, 1.82) is 0 Å². The van der Waals surface area contributed by atoms with E-state index in [4.69, 9.17) is 4.74 Å². The molecule has 0 fully saturated rings. The van der Waals surface area contributed by atoms with Gasteiger partial charge in [0.2, 0.25) is 0 Å². The maximum atomic E-state index is 12.2. The Morgan fingerprint density at radius 2 is 1.95 bits per heavy atom. The van der Waals surface area contributed by atoms with Crippen LogP contribution < -0.4 is 11.2 Å². The van der Waals surface area contributed by atoms with Crippen LogP contribution in [0.25, 0.3) is 11.0 Å². The number of hydrogen-bond acceptors (Lipinski definition) is 5. The van der Waals surface area contributed by atoms with Crippen LogP contribution in [0.3, 0.4) is 0 Å². The van der Waals surface area contributed by atoms with Crippen LogP contribution in [0.15, 0.2) is 15.7 Å². The van der Waals surface area contributed by atoms with Gasteiger partial charge in [0, 0.05) is 19.8 Å². The molecule has 0 saturated heterocycles. The van der Waals surface area contributed by atoms with Gasteiger partial charge >= 0.3 is 11.7 Å². The van der Waals surface area contributed by atoms with Gasteiger partial charge in [-0.05, 0) is 19.9 Å². The molecule has 0 aliphatic carbocycles. The summed E-state index contributed by atoms with van der Waals surface area (Å²) >= 11 is 0. The Balaban J connectivity index is 3.00. The van der Waals surface area contributed by atoms with Crippen LogP contribution in [0, 0.1) is 6.92 Å². The Bertz CT molecular complexity index is 817. The maximum Gasteiger partial charge on any atom is 0.339 e. The summed E-state index contributed by atoms with van der Waals surface area (Å²) in [6.07, 6.45) is 0. The summed E-state index contributed by atoms with van der Waals surface area (Å²) in [5, 5.41) is 0.0960. The molecule has 0 radical (unpaired) electrons. The third kappa shape index (κ3) is 2.01. The number of carbonyl (C=O) groups excluding carboxylic acids is 1. The fraction of sp³-hybridized carbons (Fsp3) is 0.385. The van der Waals surface area contributed by atoms with Gasteiger partial charge < -0.3 is 4.74 Å². The quantitative estimate of drug-likeness (QED) is 0.728. The number of carbonyl (C=O) groups is 1. The molecule has 0 unspecified atom stereocenters. The second-order valence-corrected chi connectivity index (χ2v) is 4.44. The lowest BCUT2D eigenvalue weighted by molar-refractivity contribution is 0.0528. The Morgan fingerprint density at radius 3 is 2.55 bits per heavy atom. The van der Waals surface area contributed by atoms with Crippen LogP contribution in [-0.2, 0) is 18.8 Å². The minimum atomic E-state index is -0.598. The minimum absolute atomic E-state index is 0.0960. The zero-order valence-electron chi connectivity index (χ0n) is 11.8. The number of esters is 1. The minimum Gasteiger partial charge on any atom is -0.462 e. The number of rotatable bonds is 2. The molecular formula is C13H15N3O4. The summed E-state index contributed by atoms with van der Waals surface area (Å²) in [5.74, 6) is -0.598. The van der Waals surface area contributed by atoms with Crippen molar-refractivity contribution in [3.8, 4) is 0 Å². The Kier molecular flexibility index (Phi) is 3.44. The molecule has 106 valence electrons. The van der Waals surface area contributed by atoms with Crippen molar-refractivity contribution in [2.45, 2.75) is 13.8 Å². The van der Waals surface area contributed by atoms with Crippen LogP contribution in [0.5, 0.6) is 0 Å². The van der Waals surface area contributed by atoms with E-state index >= 15 is 0 Å². The number of aromatic nitrogens is 3. The summed E-state index contributed by atoms with van der Waals surface area (Å²) in [6.45, 7) is 3.57. The zero-order valence-corrected chi connectivity index (χ0v) is 11.8. The molecule has 0 atom stereocenters. The third-order valence-electron chi connectivity index (χ3n) is 3.03. The van der Waals surface area contributed by atoms with E-state index in [1.165, 1.54) is 24.7 Å². The topological polar surface area (TPSA) is 83.2 Å². The average molecular weight is 277 g/mol. The monoisotopic (exact) mass is 277 g/mol. The predicted octanol–water partition coefficient (Wildman–Crippen LogP) is 0.117. The van der Waals surface area contributed by atoms with Crippen molar-refractivity contribution in [3.63, 3.8) is 0 Å². The first kappa shape index (κ1) is 14.0. The molecule has 0 aromatic carbocycles. The SMILES string of the molecule is CCOC(=O)c1cc(C)nc2c1c(=O)n(C)c(=O)n2C.